The zero-order chi connectivity index (χ0) is 17.6. The van der Waals surface area contributed by atoms with Crippen LogP contribution in [0, 0.1) is 6.92 Å². The summed E-state index contributed by atoms with van der Waals surface area (Å²) in [6.07, 6.45) is 2.08. The highest BCUT2D eigenvalue weighted by Crippen LogP contribution is 2.16. The van der Waals surface area contributed by atoms with Gasteiger partial charge in [-0.25, -0.2) is 9.78 Å². The average Bonchev–Trinajstić information content (AvgIpc) is 2.41. The number of hydrogen-bond donors (Lipinski definition) is 1. The number of Topliss-reactive ketones (excluding diaryl/α,β-unsaturated/α-hetero) is 1. The molecule has 0 radical (unpaired) electrons. The van der Waals surface area contributed by atoms with Crippen molar-refractivity contribution in [2.75, 3.05) is 25.5 Å². The molecule has 6 heteroatoms. The van der Waals surface area contributed by atoms with Crippen LogP contribution in [-0.4, -0.2) is 43.1 Å². The lowest BCUT2D eigenvalue weighted by Crippen LogP contribution is -2.33. The van der Waals surface area contributed by atoms with E-state index in [1.54, 1.807) is 6.20 Å². The van der Waals surface area contributed by atoms with Gasteiger partial charge in [0, 0.05) is 38.8 Å². The molecule has 0 aliphatic rings. The summed E-state index contributed by atoms with van der Waals surface area (Å²) in [5, 5.41) is 2.65. The van der Waals surface area contributed by atoms with Crippen molar-refractivity contribution in [1.82, 2.24) is 10.3 Å². The predicted molar refractivity (Wildman–Crippen MR) is 91.1 cm³/mol. The maximum absolute atomic E-state index is 12.2. The molecule has 1 heterocycles. The quantitative estimate of drug-likeness (QED) is 0.644. The molecule has 128 valence electrons. The first-order valence-corrected chi connectivity index (χ1v) is 7.74. The molecular weight excluding hydrogens is 294 g/mol. The summed E-state index contributed by atoms with van der Waals surface area (Å²) in [7, 11) is 3.82. The molecule has 6 nitrogen and oxygen atoms in total. The van der Waals surface area contributed by atoms with E-state index in [0.29, 0.717) is 24.9 Å². The van der Waals surface area contributed by atoms with Gasteiger partial charge >= 0.3 is 6.09 Å². The molecule has 0 bridgehead atoms. The van der Waals surface area contributed by atoms with Crippen LogP contribution in [0.25, 0.3) is 0 Å². The van der Waals surface area contributed by atoms with Gasteiger partial charge in [-0.2, -0.15) is 0 Å². The van der Waals surface area contributed by atoms with E-state index in [9.17, 15) is 9.59 Å². The van der Waals surface area contributed by atoms with E-state index in [-0.39, 0.29) is 5.78 Å². The second-order valence-electron chi connectivity index (χ2n) is 6.71. The van der Waals surface area contributed by atoms with Gasteiger partial charge in [-0.1, -0.05) is 0 Å². The van der Waals surface area contributed by atoms with Gasteiger partial charge in [0.1, 0.15) is 11.4 Å². The minimum absolute atomic E-state index is 0.0336. The lowest BCUT2D eigenvalue weighted by Gasteiger charge is -2.19. The lowest BCUT2D eigenvalue weighted by molar-refractivity contribution is 0.0525. The van der Waals surface area contributed by atoms with Crippen LogP contribution in [0.5, 0.6) is 0 Å². The van der Waals surface area contributed by atoms with E-state index >= 15 is 0 Å². The Labute approximate surface area is 138 Å². The Morgan fingerprint density at radius 3 is 2.48 bits per heavy atom. The van der Waals surface area contributed by atoms with Gasteiger partial charge in [-0.15, -0.1) is 0 Å². The highest BCUT2D eigenvalue weighted by Gasteiger charge is 2.16. The topological polar surface area (TPSA) is 71.5 Å². The number of pyridine rings is 1. The van der Waals surface area contributed by atoms with Crippen molar-refractivity contribution < 1.29 is 14.3 Å². The summed E-state index contributed by atoms with van der Waals surface area (Å²) >= 11 is 0. The molecule has 0 aliphatic heterocycles. The van der Waals surface area contributed by atoms with Crippen molar-refractivity contribution in [2.24, 2.45) is 0 Å². The molecule has 1 aromatic heterocycles. The summed E-state index contributed by atoms with van der Waals surface area (Å²) in [5.41, 5.74) is 1.03. The molecule has 1 N–H and O–H groups in total. The number of amides is 1. The molecule has 0 fully saturated rings. The minimum atomic E-state index is -0.517. The number of hydrogen-bond acceptors (Lipinski definition) is 5. The molecule has 0 saturated carbocycles. The summed E-state index contributed by atoms with van der Waals surface area (Å²) in [5.74, 6) is 0.858. The zero-order valence-electron chi connectivity index (χ0n) is 14.9. The van der Waals surface area contributed by atoms with Crippen molar-refractivity contribution in [1.29, 1.82) is 0 Å². The number of nitrogens with one attached hydrogen (secondary N) is 1. The Balaban J connectivity index is 2.44. The number of ether oxygens (including phenoxy) is 1. The highest BCUT2D eigenvalue weighted by atomic mass is 16.6. The third kappa shape index (κ3) is 6.67. The second kappa shape index (κ2) is 7.94. The number of aryl methyl sites for hydroxylation is 1. The maximum atomic E-state index is 12.2. The van der Waals surface area contributed by atoms with Crippen LogP contribution in [0.4, 0.5) is 10.6 Å². The number of ketones is 1. The third-order valence-corrected chi connectivity index (χ3v) is 3.10. The van der Waals surface area contributed by atoms with Gasteiger partial charge in [0.15, 0.2) is 5.78 Å². The summed E-state index contributed by atoms with van der Waals surface area (Å²) < 4.78 is 5.13. The van der Waals surface area contributed by atoms with Crippen molar-refractivity contribution in [3.63, 3.8) is 0 Å². The molecule has 1 aromatic rings. The Bertz CT molecular complexity index is 563. The van der Waals surface area contributed by atoms with Gasteiger partial charge in [-0.05, 0) is 45.7 Å². The molecular formula is C17H27N3O3. The number of nitrogens with zero attached hydrogens (tertiary/aromatic N) is 2. The molecule has 1 rings (SSSR count). The molecule has 0 aromatic carbocycles. The standard InChI is InChI=1S/C17H27N3O3/c1-12-10-15(20(5)6)19-11-13(12)14(21)8-7-9-18-16(22)23-17(2,3)4/h10-11H,7-9H2,1-6H3,(H,18,22). The second-order valence-corrected chi connectivity index (χ2v) is 6.71. The van der Waals surface area contributed by atoms with Gasteiger partial charge in [0.05, 0.1) is 0 Å². The van der Waals surface area contributed by atoms with Crippen molar-refractivity contribution in [3.05, 3.63) is 23.4 Å². The molecule has 0 saturated heterocycles. The first-order chi connectivity index (χ1) is 10.6. The van der Waals surface area contributed by atoms with Gasteiger partial charge in [0.25, 0.3) is 0 Å². The number of carbonyl (C=O) groups is 2. The SMILES string of the molecule is Cc1cc(N(C)C)ncc1C(=O)CCCNC(=O)OC(C)(C)C. The number of anilines is 1. The number of carbonyl (C=O) groups excluding carboxylic acids is 2. The Hall–Kier alpha value is -2.11. The fourth-order valence-corrected chi connectivity index (χ4v) is 1.97. The predicted octanol–water partition coefficient (Wildman–Crippen LogP) is 2.94. The molecule has 1 amide bonds. The molecule has 0 atom stereocenters. The largest absolute Gasteiger partial charge is 0.444 e. The molecule has 0 aliphatic carbocycles. The van der Waals surface area contributed by atoms with E-state index in [2.05, 4.69) is 10.3 Å². The normalized spacial score (nSPS) is 11.0. The van der Waals surface area contributed by atoms with Crippen LogP contribution in [-0.2, 0) is 4.74 Å². The fraction of sp³-hybridized carbons (Fsp3) is 0.588. The number of rotatable bonds is 6. The van der Waals surface area contributed by atoms with Crippen molar-refractivity contribution >= 4 is 17.7 Å². The number of alkyl carbamates (subject to hydrolysis) is 1. The van der Waals surface area contributed by atoms with E-state index < -0.39 is 11.7 Å². The van der Waals surface area contributed by atoms with Crippen molar-refractivity contribution in [2.45, 2.75) is 46.1 Å². The highest BCUT2D eigenvalue weighted by molar-refractivity contribution is 5.97. The Morgan fingerprint density at radius 2 is 1.96 bits per heavy atom. The Morgan fingerprint density at radius 1 is 1.30 bits per heavy atom. The van der Waals surface area contributed by atoms with Crippen LogP contribution in [0.3, 0.4) is 0 Å². The Kier molecular flexibility index (Phi) is 6.54. The van der Waals surface area contributed by atoms with E-state index in [1.807, 2.05) is 52.8 Å². The van der Waals surface area contributed by atoms with Crippen LogP contribution < -0.4 is 10.2 Å². The molecule has 23 heavy (non-hydrogen) atoms. The first kappa shape index (κ1) is 18.9. The average molecular weight is 321 g/mol. The fourth-order valence-electron chi connectivity index (χ4n) is 1.97. The third-order valence-electron chi connectivity index (χ3n) is 3.10. The monoisotopic (exact) mass is 321 g/mol. The van der Waals surface area contributed by atoms with Crippen LogP contribution in [0.2, 0.25) is 0 Å². The van der Waals surface area contributed by atoms with Gasteiger partial charge in [-0.3, -0.25) is 4.79 Å². The smallest absolute Gasteiger partial charge is 0.407 e. The lowest BCUT2D eigenvalue weighted by atomic mass is 10.0. The summed E-state index contributed by atoms with van der Waals surface area (Å²) in [4.78, 5) is 29.9. The minimum Gasteiger partial charge on any atom is -0.444 e. The van der Waals surface area contributed by atoms with Crippen LogP contribution in [0.15, 0.2) is 12.3 Å². The van der Waals surface area contributed by atoms with E-state index in [0.717, 1.165) is 11.4 Å². The summed E-state index contributed by atoms with van der Waals surface area (Å²) in [6.45, 7) is 7.74. The molecule has 0 unspecified atom stereocenters. The van der Waals surface area contributed by atoms with Crippen LogP contribution in [0.1, 0.15) is 49.5 Å². The maximum Gasteiger partial charge on any atom is 0.407 e. The zero-order valence-corrected chi connectivity index (χ0v) is 14.9. The van der Waals surface area contributed by atoms with E-state index in [1.165, 1.54) is 0 Å². The first-order valence-electron chi connectivity index (χ1n) is 7.74. The van der Waals surface area contributed by atoms with Crippen LogP contribution >= 0.6 is 0 Å². The van der Waals surface area contributed by atoms with Gasteiger partial charge in [0.2, 0.25) is 0 Å². The van der Waals surface area contributed by atoms with Crippen molar-refractivity contribution in [3.8, 4) is 0 Å². The van der Waals surface area contributed by atoms with E-state index in [4.69, 9.17) is 4.74 Å². The molecule has 0 spiro atoms. The van der Waals surface area contributed by atoms with Gasteiger partial charge < -0.3 is 15.0 Å². The summed E-state index contributed by atoms with van der Waals surface area (Å²) in [6, 6.07) is 1.90. The number of aromatic nitrogens is 1.